The molecule has 0 aromatic heterocycles. The molecule has 0 radical (unpaired) electrons. The van der Waals surface area contributed by atoms with Crippen molar-refractivity contribution in [2.24, 2.45) is 0 Å². The normalized spacial score (nSPS) is 28.8. The van der Waals surface area contributed by atoms with Crippen molar-refractivity contribution in [3.63, 3.8) is 0 Å². The maximum atomic E-state index is 10.4. The lowest BCUT2D eigenvalue weighted by atomic mass is 10.5. The molecule has 0 N–H and O–H groups in total. The van der Waals surface area contributed by atoms with E-state index in [0.29, 0.717) is 12.2 Å². The maximum absolute atomic E-state index is 10.4. The Kier molecular flexibility index (Phi) is 4.27. The minimum atomic E-state index is -1.33. The van der Waals surface area contributed by atoms with E-state index >= 15 is 0 Å². The summed E-state index contributed by atoms with van der Waals surface area (Å²) in [5.41, 5.74) is 0. The molecular weight excluding hydrogens is 179 g/mol. The van der Waals surface area contributed by atoms with Crippen LogP contribution < -0.4 is 0 Å². The Hall–Kier alpha value is -0.520. The highest BCUT2D eigenvalue weighted by Gasteiger charge is 2.26. The average Bonchev–Trinajstić information content (AvgIpc) is 2.78. The van der Waals surface area contributed by atoms with Crippen molar-refractivity contribution < 1.29 is 23.4 Å². The maximum Gasteiger partial charge on any atom is 0.298 e. The number of hydrogen-bond donors (Lipinski definition) is 0. The van der Waals surface area contributed by atoms with Gasteiger partial charge in [0.15, 0.2) is 0 Å². The highest BCUT2D eigenvalue weighted by molar-refractivity contribution is 5.64. The van der Waals surface area contributed by atoms with E-state index in [4.69, 9.17) is 19.0 Å². The number of epoxide rings is 2. The SMILES string of the molecule is C(OCC1CO1)C1CO1.CC(=O)F. The molecule has 0 spiro atoms. The summed E-state index contributed by atoms with van der Waals surface area (Å²) in [5.74, 6) is 0. The zero-order valence-electron chi connectivity index (χ0n) is 7.49. The third-order valence-corrected chi connectivity index (χ3v) is 1.41. The monoisotopic (exact) mass is 192 g/mol. The Morgan fingerprint density at radius 1 is 1.38 bits per heavy atom. The number of halogens is 1. The quantitative estimate of drug-likeness (QED) is 0.475. The molecule has 2 rings (SSSR count). The van der Waals surface area contributed by atoms with Crippen molar-refractivity contribution in [1.29, 1.82) is 0 Å². The molecule has 0 aromatic carbocycles. The van der Waals surface area contributed by atoms with Crippen LogP contribution in [0.1, 0.15) is 6.92 Å². The van der Waals surface area contributed by atoms with E-state index in [2.05, 4.69) is 0 Å². The van der Waals surface area contributed by atoms with Gasteiger partial charge in [0.05, 0.1) is 26.4 Å². The highest BCUT2D eigenvalue weighted by atomic mass is 19.1. The van der Waals surface area contributed by atoms with Gasteiger partial charge >= 0.3 is 0 Å². The van der Waals surface area contributed by atoms with Gasteiger partial charge in [0, 0.05) is 6.92 Å². The molecule has 2 saturated heterocycles. The number of carbonyl (C=O) groups is 1. The van der Waals surface area contributed by atoms with E-state index in [1.807, 2.05) is 0 Å². The molecule has 2 aliphatic rings. The molecule has 76 valence electrons. The molecule has 2 atom stereocenters. The fourth-order valence-corrected chi connectivity index (χ4v) is 0.659. The summed E-state index contributed by atoms with van der Waals surface area (Å²) in [6, 6.07) is -1.33. The second-order valence-electron chi connectivity index (χ2n) is 2.92. The summed E-state index contributed by atoms with van der Waals surface area (Å²) in [5, 5.41) is 0. The van der Waals surface area contributed by atoms with E-state index in [9.17, 15) is 4.39 Å². The number of ether oxygens (including phenoxy) is 3. The van der Waals surface area contributed by atoms with Crippen LogP contribution in [0.5, 0.6) is 0 Å². The number of rotatable bonds is 4. The number of hydrogen-bond acceptors (Lipinski definition) is 4. The minimum absolute atomic E-state index is 0.392. The van der Waals surface area contributed by atoms with Crippen molar-refractivity contribution in [3.8, 4) is 0 Å². The van der Waals surface area contributed by atoms with Crippen molar-refractivity contribution >= 4 is 6.04 Å². The van der Waals surface area contributed by atoms with Crippen LogP contribution in [-0.2, 0) is 19.0 Å². The van der Waals surface area contributed by atoms with Gasteiger partial charge in [0.1, 0.15) is 12.2 Å². The topological polar surface area (TPSA) is 51.4 Å². The van der Waals surface area contributed by atoms with E-state index in [1.165, 1.54) is 0 Å². The van der Waals surface area contributed by atoms with Gasteiger partial charge in [-0.05, 0) is 0 Å². The minimum Gasteiger partial charge on any atom is -0.376 e. The van der Waals surface area contributed by atoms with Crippen LogP contribution >= 0.6 is 0 Å². The van der Waals surface area contributed by atoms with Crippen LogP contribution in [0.15, 0.2) is 0 Å². The van der Waals surface area contributed by atoms with E-state index in [-0.39, 0.29) is 0 Å². The van der Waals surface area contributed by atoms with Crippen LogP contribution in [0.25, 0.3) is 0 Å². The summed E-state index contributed by atoms with van der Waals surface area (Å²) < 4.78 is 25.5. The molecule has 2 unspecified atom stereocenters. The van der Waals surface area contributed by atoms with Gasteiger partial charge < -0.3 is 14.2 Å². The molecule has 0 aromatic rings. The smallest absolute Gasteiger partial charge is 0.298 e. The predicted octanol–water partition coefficient (Wildman–Crippen LogP) is 0.303. The molecule has 0 aliphatic carbocycles. The molecule has 5 heteroatoms. The van der Waals surface area contributed by atoms with Crippen molar-refractivity contribution in [2.75, 3.05) is 26.4 Å². The van der Waals surface area contributed by atoms with Gasteiger partial charge in [0.2, 0.25) is 0 Å². The second-order valence-corrected chi connectivity index (χ2v) is 2.92. The van der Waals surface area contributed by atoms with Gasteiger partial charge in [-0.1, -0.05) is 0 Å². The molecule has 0 amide bonds. The third-order valence-electron chi connectivity index (χ3n) is 1.41. The largest absolute Gasteiger partial charge is 0.376 e. The van der Waals surface area contributed by atoms with Crippen LogP contribution in [0.4, 0.5) is 4.39 Å². The first-order valence-electron chi connectivity index (χ1n) is 4.15. The summed E-state index contributed by atoms with van der Waals surface area (Å²) >= 11 is 0. The van der Waals surface area contributed by atoms with E-state index in [1.54, 1.807) is 0 Å². The first kappa shape index (κ1) is 10.6. The van der Waals surface area contributed by atoms with Crippen LogP contribution in [0, 0.1) is 0 Å². The Bertz CT molecular complexity index is 150. The van der Waals surface area contributed by atoms with Crippen molar-refractivity contribution in [3.05, 3.63) is 0 Å². The zero-order chi connectivity index (χ0) is 9.68. The second kappa shape index (κ2) is 5.26. The lowest BCUT2D eigenvalue weighted by Crippen LogP contribution is -2.06. The standard InChI is InChI=1S/C6H10O3.C2H3FO/c1(5-3-8-5)7-2-6-4-9-6;1-2(3)4/h5-6H,1-4H2;1H3. The molecule has 0 saturated carbocycles. The van der Waals surface area contributed by atoms with Crippen molar-refractivity contribution in [2.45, 2.75) is 19.1 Å². The third kappa shape index (κ3) is 7.83. The molecule has 13 heavy (non-hydrogen) atoms. The highest BCUT2D eigenvalue weighted by Crippen LogP contribution is 2.12. The van der Waals surface area contributed by atoms with Crippen molar-refractivity contribution in [1.82, 2.24) is 0 Å². The molecule has 2 heterocycles. The van der Waals surface area contributed by atoms with E-state index in [0.717, 1.165) is 33.4 Å². The Morgan fingerprint density at radius 3 is 1.92 bits per heavy atom. The summed E-state index contributed by atoms with van der Waals surface area (Å²) in [7, 11) is 0. The van der Waals surface area contributed by atoms with Gasteiger partial charge in [0.25, 0.3) is 6.04 Å². The fraction of sp³-hybridized carbons (Fsp3) is 0.875. The van der Waals surface area contributed by atoms with Gasteiger partial charge in [-0.3, -0.25) is 4.79 Å². The van der Waals surface area contributed by atoms with Gasteiger partial charge in [-0.15, -0.1) is 0 Å². The first-order valence-corrected chi connectivity index (χ1v) is 4.15. The number of carbonyl (C=O) groups excluding carboxylic acids is 1. The molecular formula is C8H13FO4. The lowest BCUT2D eigenvalue weighted by Gasteiger charge is -1.95. The lowest BCUT2D eigenvalue weighted by molar-refractivity contribution is -0.126. The average molecular weight is 192 g/mol. The summed E-state index contributed by atoms with van der Waals surface area (Å²) in [6.07, 6.45) is 0.785. The van der Waals surface area contributed by atoms with E-state index < -0.39 is 6.04 Å². The predicted molar refractivity (Wildman–Crippen MR) is 42.1 cm³/mol. The Labute approximate surface area is 76.0 Å². The first-order chi connectivity index (χ1) is 6.18. The molecule has 2 aliphatic heterocycles. The van der Waals surface area contributed by atoms with Crippen LogP contribution in [0.3, 0.4) is 0 Å². The molecule has 2 fully saturated rings. The Balaban J connectivity index is 0.000000184. The Morgan fingerprint density at radius 2 is 1.69 bits per heavy atom. The summed E-state index contributed by atoms with van der Waals surface area (Å²) in [4.78, 5) is 8.78. The molecule has 0 bridgehead atoms. The zero-order valence-corrected chi connectivity index (χ0v) is 7.49. The van der Waals surface area contributed by atoms with Crippen LogP contribution in [-0.4, -0.2) is 44.7 Å². The van der Waals surface area contributed by atoms with Crippen LogP contribution in [0.2, 0.25) is 0 Å². The van der Waals surface area contributed by atoms with Gasteiger partial charge in [-0.2, -0.15) is 4.39 Å². The summed E-state index contributed by atoms with van der Waals surface area (Å²) in [6.45, 7) is 4.12. The fourth-order valence-electron chi connectivity index (χ4n) is 0.659. The van der Waals surface area contributed by atoms with Gasteiger partial charge in [-0.25, -0.2) is 0 Å². The molecule has 4 nitrogen and oxygen atoms in total.